The normalized spacial score (nSPS) is 18.3. The van der Waals surface area contributed by atoms with E-state index in [1.807, 2.05) is 47.0 Å². The highest BCUT2D eigenvalue weighted by Crippen LogP contribution is 2.39. The van der Waals surface area contributed by atoms with Crippen molar-refractivity contribution in [3.05, 3.63) is 93.4 Å². The first-order chi connectivity index (χ1) is 19.0. The van der Waals surface area contributed by atoms with Crippen molar-refractivity contribution in [3.8, 4) is 0 Å². The highest BCUT2D eigenvalue weighted by atomic mass is 16.2. The maximum absolute atomic E-state index is 13.4. The minimum atomic E-state index is -0.212. The van der Waals surface area contributed by atoms with E-state index in [0.717, 1.165) is 36.5 Å². The second-order valence-electron chi connectivity index (χ2n) is 12.7. The Kier molecular flexibility index (Phi) is 7.58. The summed E-state index contributed by atoms with van der Waals surface area (Å²) in [5, 5.41) is 6.10. The van der Waals surface area contributed by atoms with E-state index < -0.39 is 0 Å². The first-order valence-corrected chi connectivity index (χ1v) is 14.3. The summed E-state index contributed by atoms with van der Waals surface area (Å²) in [6, 6.07) is 18.8. The Bertz CT molecular complexity index is 1470. The Labute approximate surface area is 236 Å². The summed E-state index contributed by atoms with van der Waals surface area (Å²) in [6.45, 7) is 13.3. The highest BCUT2D eigenvalue weighted by Gasteiger charge is 2.35. The van der Waals surface area contributed by atoms with Crippen molar-refractivity contribution >= 4 is 23.2 Å². The number of anilines is 2. The maximum atomic E-state index is 13.4. The molecule has 7 nitrogen and oxygen atoms in total. The van der Waals surface area contributed by atoms with E-state index in [2.05, 4.69) is 56.2 Å². The SMILES string of the molecule is CC(C)CNC(=O)c1ccc(N2CC3CC(C2)c2cccc(=O)n2C3)c(NC(=O)c2ccc(C(C)(C)C)cc2)c1. The number of nitrogens with one attached hydrogen (secondary N) is 2. The summed E-state index contributed by atoms with van der Waals surface area (Å²) in [6.07, 6.45) is 1.04. The molecular weight excluding hydrogens is 500 g/mol. The van der Waals surface area contributed by atoms with Crippen molar-refractivity contribution < 1.29 is 9.59 Å². The van der Waals surface area contributed by atoms with E-state index in [1.54, 1.807) is 12.1 Å². The molecule has 0 aliphatic carbocycles. The van der Waals surface area contributed by atoms with Gasteiger partial charge in [-0.3, -0.25) is 14.4 Å². The fourth-order valence-corrected chi connectivity index (χ4v) is 5.86. The van der Waals surface area contributed by atoms with Gasteiger partial charge < -0.3 is 20.1 Å². The molecule has 0 radical (unpaired) electrons. The average molecular weight is 541 g/mol. The monoisotopic (exact) mass is 540 g/mol. The van der Waals surface area contributed by atoms with Crippen LogP contribution in [0.5, 0.6) is 0 Å². The predicted octanol–water partition coefficient (Wildman–Crippen LogP) is 5.41. The van der Waals surface area contributed by atoms with E-state index in [0.29, 0.717) is 41.7 Å². The predicted molar refractivity (Wildman–Crippen MR) is 160 cm³/mol. The molecule has 2 bridgehead atoms. The number of fused-ring (bicyclic) bond motifs is 4. The first kappa shape index (κ1) is 27.7. The van der Waals surface area contributed by atoms with Gasteiger partial charge >= 0.3 is 0 Å². The number of rotatable bonds is 6. The van der Waals surface area contributed by atoms with Crippen LogP contribution in [-0.4, -0.2) is 36.0 Å². The zero-order chi connectivity index (χ0) is 28.6. The van der Waals surface area contributed by atoms with Crippen LogP contribution >= 0.6 is 0 Å². The van der Waals surface area contributed by atoms with Crippen molar-refractivity contribution in [1.29, 1.82) is 0 Å². The summed E-state index contributed by atoms with van der Waals surface area (Å²) >= 11 is 0. The Morgan fingerprint density at radius 3 is 2.35 bits per heavy atom. The number of hydrogen-bond acceptors (Lipinski definition) is 4. The third-order valence-corrected chi connectivity index (χ3v) is 8.01. The average Bonchev–Trinajstić information content (AvgIpc) is 2.91. The van der Waals surface area contributed by atoms with Gasteiger partial charge in [0, 0.05) is 55.0 Å². The largest absolute Gasteiger partial charge is 0.369 e. The van der Waals surface area contributed by atoms with Crippen molar-refractivity contribution in [1.82, 2.24) is 9.88 Å². The Morgan fingerprint density at radius 2 is 1.65 bits per heavy atom. The zero-order valence-electron chi connectivity index (χ0n) is 24.2. The Hall–Kier alpha value is -3.87. The van der Waals surface area contributed by atoms with Crippen LogP contribution in [0.1, 0.15) is 78.9 Å². The number of amides is 2. The molecule has 0 spiro atoms. The number of benzene rings is 2. The molecule has 2 atom stereocenters. The Morgan fingerprint density at radius 1 is 0.925 bits per heavy atom. The zero-order valence-corrected chi connectivity index (χ0v) is 24.2. The van der Waals surface area contributed by atoms with E-state index in [4.69, 9.17) is 0 Å². The molecule has 1 aromatic heterocycles. The molecule has 2 amide bonds. The molecular formula is C33H40N4O3. The summed E-state index contributed by atoms with van der Waals surface area (Å²) in [7, 11) is 0. The van der Waals surface area contributed by atoms with Gasteiger partial charge in [0.1, 0.15) is 0 Å². The molecule has 2 N–H and O–H groups in total. The number of carbonyl (C=O) groups excluding carboxylic acids is 2. The summed E-state index contributed by atoms with van der Waals surface area (Å²) in [4.78, 5) is 41.2. The molecule has 0 saturated carbocycles. The van der Waals surface area contributed by atoms with Crippen LogP contribution in [0.3, 0.4) is 0 Å². The van der Waals surface area contributed by atoms with Crippen LogP contribution in [0.2, 0.25) is 0 Å². The smallest absolute Gasteiger partial charge is 0.255 e. The molecule has 7 heteroatoms. The quantitative estimate of drug-likeness (QED) is 0.438. The van der Waals surface area contributed by atoms with Gasteiger partial charge in [-0.05, 0) is 65.6 Å². The van der Waals surface area contributed by atoms with Gasteiger partial charge in [-0.2, -0.15) is 0 Å². The fourth-order valence-electron chi connectivity index (χ4n) is 5.86. The second-order valence-corrected chi connectivity index (χ2v) is 12.7. The van der Waals surface area contributed by atoms with E-state index in [1.165, 1.54) is 0 Å². The second kappa shape index (κ2) is 11.0. The van der Waals surface area contributed by atoms with Gasteiger partial charge in [0.25, 0.3) is 17.4 Å². The van der Waals surface area contributed by atoms with Gasteiger partial charge in [0.05, 0.1) is 11.4 Å². The number of aromatic nitrogens is 1. The lowest BCUT2D eigenvalue weighted by molar-refractivity contribution is 0.0947. The topological polar surface area (TPSA) is 83.4 Å². The molecule has 1 fully saturated rings. The number of nitrogens with zero attached hydrogens (tertiary/aromatic N) is 2. The van der Waals surface area contributed by atoms with Gasteiger partial charge in [-0.25, -0.2) is 0 Å². The molecule has 40 heavy (non-hydrogen) atoms. The lowest BCUT2D eigenvalue weighted by Gasteiger charge is -2.44. The number of hydrogen-bond donors (Lipinski definition) is 2. The summed E-state index contributed by atoms with van der Waals surface area (Å²) in [5.41, 5.74) is 4.87. The lowest BCUT2D eigenvalue weighted by atomic mass is 9.83. The third kappa shape index (κ3) is 5.83. The molecule has 2 aliphatic heterocycles. The molecule has 210 valence electrons. The standard InChI is InChI=1S/C33H40N4O3/c1-21(2)17-34-31(39)24-11-14-29(27(16-24)35-32(40)23-9-12-26(13-10-23)33(3,4)5)36-18-22-15-25(20-36)28-7-6-8-30(38)37(28)19-22/h6-14,16,21-22,25H,15,17-20H2,1-5H3,(H,34,39)(H,35,40). The minimum absolute atomic E-state index is 0.00403. The number of piperidine rings is 1. The van der Waals surface area contributed by atoms with Crippen LogP contribution in [-0.2, 0) is 12.0 Å². The maximum Gasteiger partial charge on any atom is 0.255 e. The van der Waals surface area contributed by atoms with Crippen molar-refractivity contribution in [2.45, 2.75) is 58.9 Å². The van der Waals surface area contributed by atoms with Gasteiger partial charge in [0.15, 0.2) is 0 Å². The van der Waals surface area contributed by atoms with Crippen LogP contribution in [0, 0.1) is 11.8 Å². The Balaban J connectivity index is 1.45. The van der Waals surface area contributed by atoms with Crippen molar-refractivity contribution in [3.63, 3.8) is 0 Å². The highest BCUT2D eigenvalue weighted by molar-refractivity contribution is 6.07. The fraction of sp³-hybridized carbons (Fsp3) is 0.424. The van der Waals surface area contributed by atoms with Crippen molar-refractivity contribution in [2.24, 2.45) is 11.8 Å². The summed E-state index contributed by atoms with van der Waals surface area (Å²) in [5.74, 6) is 0.518. The van der Waals surface area contributed by atoms with Crippen LogP contribution in [0.15, 0.2) is 65.5 Å². The molecule has 5 rings (SSSR count). The third-order valence-electron chi connectivity index (χ3n) is 8.01. The van der Waals surface area contributed by atoms with Gasteiger partial charge in [-0.1, -0.05) is 52.8 Å². The molecule has 2 aliphatic rings. The van der Waals surface area contributed by atoms with Crippen molar-refractivity contribution in [2.75, 3.05) is 29.9 Å². The summed E-state index contributed by atoms with van der Waals surface area (Å²) < 4.78 is 1.92. The molecule has 2 unspecified atom stereocenters. The lowest BCUT2D eigenvalue weighted by Crippen LogP contribution is -2.47. The van der Waals surface area contributed by atoms with Crippen LogP contribution in [0.25, 0.3) is 0 Å². The van der Waals surface area contributed by atoms with E-state index >= 15 is 0 Å². The number of pyridine rings is 1. The minimum Gasteiger partial charge on any atom is -0.369 e. The van der Waals surface area contributed by atoms with E-state index in [9.17, 15) is 14.4 Å². The van der Waals surface area contributed by atoms with Crippen LogP contribution < -0.4 is 21.1 Å². The molecule has 3 aromatic rings. The van der Waals surface area contributed by atoms with Gasteiger partial charge in [-0.15, -0.1) is 0 Å². The molecule has 1 saturated heterocycles. The molecule has 3 heterocycles. The molecule has 2 aromatic carbocycles. The van der Waals surface area contributed by atoms with Crippen LogP contribution in [0.4, 0.5) is 11.4 Å². The van der Waals surface area contributed by atoms with E-state index in [-0.39, 0.29) is 28.7 Å². The first-order valence-electron chi connectivity index (χ1n) is 14.3. The number of carbonyl (C=O) groups is 2. The van der Waals surface area contributed by atoms with Gasteiger partial charge in [0.2, 0.25) is 0 Å².